The van der Waals surface area contributed by atoms with Gasteiger partial charge in [0.05, 0.1) is 17.8 Å². The van der Waals surface area contributed by atoms with Gasteiger partial charge in [0.25, 0.3) is 5.91 Å². The lowest BCUT2D eigenvalue weighted by molar-refractivity contribution is 0.0746. The van der Waals surface area contributed by atoms with E-state index >= 15 is 0 Å². The highest BCUT2D eigenvalue weighted by molar-refractivity contribution is 6.33. The highest BCUT2D eigenvalue weighted by Crippen LogP contribution is 2.24. The molecule has 0 atom stereocenters. The quantitative estimate of drug-likeness (QED) is 0.558. The topological polar surface area (TPSA) is 67.2 Å². The molecule has 7 nitrogen and oxygen atoms in total. The minimum Gasteiger partial charge on any atom is -0.353 e. The summed E-state index contributed by atoms with van der Waals surface area (Å²) in [5.74, 6) is 1.57. The van der Waals surface area contributed by atoms with Gasteiger partial charge >= 0.3 is 0 Å². The largest absolute Gasteiger partial charge is 0.353 e. The molecule has 1 fully saturated rings. The fourth-order valence-corrected chi connectivity index (χ4v) is 4.27. The zero-order chi connectivity index (χ0) is 23.7. The number of nitrogens with zero attached hydrogens (tertiary/aromatic N) is 6. The molecular formula is C24H28ClFN6O. The fourth-order valence-electron chi connectivity index (χ4n) is 3.96. The number of hydrogen-bond donors (Lipinski definition) is 0. The first kappa shape index (κ1) is 23.2. The van der Waals surface area contributed by atoms with Crippen LogP contribution in [0.3, 0.4) is 0 Å². The van der Waals surface area contributed by atoms with E-state index in [-0.39, 0.29) is 17.6 Å². The molecule has 1 aromatic carbocycles. The molecule has 33 heavy (non-hydrogen) atoms. The summed E-state index contributed by atoms with van der Waals surface area (Å²) in [5.41, 5.74) is 2.81. The second kappa shape index (κ2) is 9.47. The Balaban J connectivity index is 1.46. The van der Waals surface area contributed by atoms with Gasteiger partial charge in [0.15, 0.2) is 0 Å². The zero-order valence-corrected chi connectivity index (χ0v) is 20.1. The molecule has 0 bridgehead atoms. The third-order valence-electron chi connectivity index (χ3n) is 5.79. The van der Waals surface area contributed by atoms with E-state index in [0.717, 1.165) is 22.9 Å². The molecule has 0 unspecified atom stereocenters. The van der Waals surface area contributed by atoms with E-state index in [1.54, 1.807) is 23.7 Å². The van der Waals surface area contributed by atoms with Crippen molar-refractivity contribution < 1.29 is 9.18 Å². The highest BCUT2D eigenvalue weighted by Gasteiger charge is 2.28. The molecule has 174 valence electrons. The molecule has 0 saturated carbocycles. The summed E-state index contributed by atoms with van der Waals surface area (Å²) in [6, 6.07) is 8.15. The number of aryl methyl sites for hydroxylation is 2. The first-order chi connectivity index (χ1) is 15.7. The molecule has 3 heterocycles. The van der Waals surface area contributed by atoms with Crippen LogP contribution in [0.15, 0.2) is 30.3 Å². The van der Waals surface area contributed by atoms with E-state index in [1.807, 2.05) is 17.9 Å². The van der Waals surface area contributed by atoms with Gasteiger partial charge in [-0.1, -0.05) is 37.6 Å². The lowest BCUT2D eigenvalue weighted by atomic mass is 10.2. The second-order valence-corrected chi connectivity index (χ2v) is 9.05. The van der Waals surface area contributed by atoms with Crippen LogP contribution in [0, 0.1) is 19.7 Å². The summed E-state index contributed by atoms with van der Waals surface area (Å²) in [4.78, 5) is 26.5. The highest BCUT2D eigenvalue weighted by atomic mass is 35.5. The fraction of sp³-hybridized carbons (Fsp3) is 0.417. The monoisotopic (exact) mass is 470 g/mol. The van der Waals surface area contributed by atoms with Gasteiger partial charge < -0.3 is 9.80 Å². The summed E-state index contributed by atoms with van der Waals surface area (Å²) in [6.07, 6.45) is 0. The third kappa shape index (κ3) is 5.00. The minimum atomic E-state index is -0.297. The smallest absolute Gasteiger partial charge is 0.259 e. The van der Waals surface area contributed by atoms with Crippen molar-refractivity contribution in [3.05, 3.63) is 69.6 Å². The van der Waals surface area contributed by atoms with Crippen molar-refractivity contribution in [3.63, 3.8) is 0 Å². The Morgan fingerprint density at radius 1 is 1.09 bits per heavy atom. The predicted molar refractivity (Wildman–Crippen MR) is 126 cm³/mol. The van der Waals surface area contributed by atoms with E-state index in [4.69, 9.17) is 16.6 Å². The number of amides is 1. The van der Waals surface area contributed by atoms with Crippen LogP contribution in [0.25, 0.3) is 0 Å². The SMILES string of the molecule is Cc1cc(N2CCN(C(=O)c3c(C)nn(Cc4ccc(F)cc4)c3Cl)CC2)nc(C(C)C)n1. The summed E-state index contributed by atoms with van der Waals surface area (Å²) < 4.78 is 14.8. The number of rotatable bonds is 5. The van der Waals surface area contributed by atoms with Gasteiger partial charge in [-0.3, -0.25) is 4.79 Å². The Labute approximate surface area is 198 Å². The summed E-state index contributed by atoms with van der Waals surface area (Å²) in [6.45, 7) is 10.8. The maximum atomic E-state index is 13.3. The lowest BCUT2D eigenvalue weighted by Gasteiger charge is -2.35. The maximum absolute atomic E-state index is 13.3. The standard InChI is InChI=1S/C24H28ClFN6O/c1-15(2)23-27-16(3)13-20(28-23)30-9-11-31(12-10-30)24(33)21-17(4)29-32(22(21)25)14-18-5-7-19(26)8-6-18/h5-8,13,15H,9-12,14H2,1-4H3. The van der Waals surface area contributed by atoms with Crippen LogP contribution in [0.4, 0.5) is 10.2 Å². The van der Waals surface area contributed by atoms with Crippen molar-refractivity contribution in [2.24, 2.45) is 0 Å². The van der Waals surface area contributed by atoms with Crippen molar-refractivity contribution in [2.75, 3.05) is 31.1 Å². The van der Waals surface area contributed by atoms with Crippen LogP contribution in [-0.4, -0.2) is 56.7 Å². The first-order valence-corrected chi connectivity index (χ1v) is 11.5. The summed E-state index contributed by atoms with van der Waals surface area (Å²) >= 11 is 6.57. The van der Waals surface area contributed by atoms with Crippen molar-refractivity contribution >= 4 is 23.3 Å². The van der Waals surface area contributed by atoms with Gasteiger partial charge in [-0.05, 0) is 31.5 Å². The summed E-state index contributed by atoms with van der Waals surface area (Å²) in [7, 11) is 0. The number of benzene rings is 1. The molecule has 0 aliphatic carbocycles. The number of hydrogen-bond acceptors (Lipinski definition) is 5. The number of aromatic nitrogens is 4. The van der Waals surface area contributed by atoms with Gasteiger partial charge in [0.1, 0.15) is 22.6 Å². The van der Waals surface area contributed by atoms with Crippen molar-refractivity contribution in [2.45, 2.75) is 40.2 Å². The molecule has 1 saturated heterocycles. The predicted octanol–water partition coefficient (Wildman–Crippen LogP) is 4.22. The Hall–Kier alpha value is -3.00. The molecule has 0 N–H and O–H groups in total. The Morgan fingerprint density at radius 2 is 1.76 bits per heavy atom. The van der Waals surface area contributed by atoms with Gasteiger partial charge in [-0.25, -0.2) is 19.0 Å². The van der Waals surface area contributed by atoms with Gasteiger partial charge in [0, 0.05) is 43.9 Å². The number of carbonyl (C=O) groups is 1. The average molecular weight is 471 g/mol. The van der Waals surface area contributed by atoms with Gasteiger partial charge in [0.2, 0.25) is 0 Å². The van der Waals surface area contributed by atoms with Crippen molar-refractivity contribution in [1.29, 1.82) is 0 Å². The minimum absolute atomic E-state index is 0.121. The van der Waals surface area contributed by atoms with Crippen LogP contribution >= 0.6 is 11.6 Å². The normalized spacial score (nSPS) is 14.3. The summed E-state index contributed by atoms with van der Waals surface area (Å²) in [5, 5.41) is 4.76. The molecule has 0 spiro atoms. The van der Waals surface area contributed by atoms with Gasteiger partial charge in [-0.2, -0.15) is 5.10 Å². The van der Waals surface area contributed by atoms with E-state index in [0.29, 0.717) is 49.1 Å². The van der Waals surface area contributed by atoms with Crippen LogP contribution in [0.1, 0.15) is 52.9 Å². The Morgan fingerprint density at radius 3 is 2.39 bits per heavy atom. The van der Waals surface area contributed by atoms with E-state index in [9.17, 15) is 9.18 Å². The molecule has 4 rings (SSSR count). The molecular weight excluding hydrogens is 443 g/mol. The van der Waals surface area contributed by atoms with Crippen LogP contribution < -0.4 is 4.90 Å². The van der Waals surface area contributed by atoms with Crippen LogP contribution in [0.2, 0.25) is 5.15 Å². The van der Waals surface area contributed by atoms with Crippen LogP contribution in [0.5, 0.6) is 0 Å². The lowest BCUT2D eigenvalue weighted by Crippen LogP contribution is -2.49. The molecule has 2 aromatic heterocycles. The molecule has 0 radical (unpaired) electrons. The number of carbonyl (C=O) groups excluding carboxylic acids is 1. The van der Waals surface area contributed by atoms with E-state index in [1.165, 1.54) is 12.1 Å². The number of piperazine rings is 1. The van der Waals surface area contributed by atoms with Crippen LogP contribution in [-0.2, 0) is 6.54 Å². The maximum Gasteiger partial charge on any atom is 0.259 e. The van der Waals surface area contributed by atoms with E-state index < -0.39 is 0 Å². The molecule has 9 heteroatoms. The van der Waals surface area contributed by atoms with Crippen molar-refractivity contribution in [3.8, 4) is 0 Å². The van der Waals surface area contributed by atoms with Crippen molar-refractivity contribution in [1.82, 2.24) is 24.6 Å². The molecule has 1 amide bonds. The molecule has 1 aliphatic heterocycles. The Kier molecular flexibility index (Phi) is 6.65. The molecule has 1 aliphatic rings. The third-order valence-corrected chi connectivity index (χ3v) is 6.17. The first-order valence-electron chi connectivity index (χ1n) is 11.1. The molecule has 3 aromatic rings. The zero-order valence-electron chi connectivity index (χ0n) is 19.3. The van der Waals surface area contributed by atoms with E-state index in [2.05, 4.69) is 28.8 Å². The average Bonchev–Trinajstić information content (AvgIpc) is 3.07. The Bertz CT molecular complexity index is 1150. The number of anilines is 1. The second-order valence-electron chi connectivity index (χ2n) is 8.70. The van der Waals surface area contributed by atoms with Gasteiger partial charge in [-0.15, -0.1) is 0 Å². The number of halogens is 2.